The number of aldehydes is 1. The van der Waals surface area contributed by atoms with Crippen molar-refractivity contribution in [2.75, 3.05) is 0 Å². The standard InChI is InChI=1S/C15H22O3/c1-10-8-11(17)12-13(2,3)6-5-7-14(12,4)15(10,18)9-16/h8-9,12,18H,5-7H2,1-4H3. The molecule has 18 heavy (non-hydrogen) atoms. The van der Waals surface area contributed by atoms with Crippen LogP contribution < -0.4 is 0 Å². The molecule has 0 radical (unpaired) electrons. The van der Waals surface area contributed by atoms with Crippen molar-refractivity contribution in [3.05, 3.63) is 11.6 Å². The average Bonchev–Trinajstić information content (AvgIpc) is 2.24. The van der Waals surface area contributed by atoms with Crippen molar-refractivity contribution < 1.29 is 14.7 Å². The molecule has 3 nitrogen and oxygen atoms in total. The summed E-state index contributed by atoms with van der Waals surface area (Å²) in [7, 11) is 0. The summed E-state index contributed by atoms with van der Waals surface area (Å²) >= 11 is 0. The van der Waals surface area contributed by atoms with Gasteiger partial charge in [-0.2, -0.15) is 0 Å². The molecule has 0 spiro atoms. The van der Waals surface area contributed by atoms with E-state index in [-0.39, 0.29) is 17.1 Å². The second-order valence-electron chi connectivity index (χ2n) is 6.81. The first-order valence-electron chi connectivity index (χ1n) is 6.60. The number of carbonyl (C=O) groups is 2. The van der Waals surface area contributed by atoms with Crippen molar-refractivity contribution in [1.29, 1.82) is 0 Å². The Balaban J connectivity index is 2.66. The Morgan fingerprint density at radius 2 is 1.94 bits per heavy atom. The van der Waals surface area contributed by atoms with Crippen LogP contribution >= 0.6 is 0 Å². The quantitative estimate of drug-likeness (QED) is 0.726. The van der Waals surface area contributed by atoms with E-state index in [4.69, 9.17) is 0 Å². The monoisotopic (exact) mass is 250 g/mol. The van der Waals surface area contributed by atoms with E-state index in [1.54, 1.807) is 6.92 Å². The van der Waals surface area contributed by atoms with Crippen LogP contribution in [0.3, 0.4) is 0 Å². The lowest BCUT2D eigenvalue weighted by Gasteiger charge is -2.57. The molecular formula is C15H22O3. The number of ketones is 1. The van der Waals surface area contributed by atoms with Crippen molar-refractivity contribution in [3.63, 3.8) is 0 Å². The molecule has 0 aromatic heterocycles. The van der Waals surface area contributed by atoms with Crippen LogP contribution in [0.2, 0.25) is 0 Å². The smallest absolute Gasteiger partial charge is 0.160 e. The Labute approximate surface area is 108 Å². The number of aliphatic hydroxyl groups is 1. The second-order valence-corrected chi connectivity index (χ2v) is 6.81. The molecule has 1 saturated carbocycles. The molecule has 100 valence electrons. The molecule has 0 aromatic carbocycles. The van der Waals surface area contributed by atoms with Gasteiger partial charge in [-0.25, -0.2) is 0 Å². The minimum Gasteiger partial charge on any atom is -0.377 e. The van der Waals surface area contributed by atoms with Gasteiger partial charge in [0.15, 0.2) is 12.1 Å². The van der Waals surface area contributed by atoms with Gasteiger partial charge in [-0.15, -0.1) is 0 Å². The zero-order valence-corrected chi connectivity index (χ0v) is 11.6. The lowest BCUT2D eigenvalue weighted by atomic mass is 9.47. The molecule has 3 atom stereocenters. The third-order valence-corrected chi connectivity index (χ3v) is 5.22. The van der Waals surface area contributed by atoms with Crippen LogP contribution in [0.25, 0.3) is 0 Å². The minimum absolute atomic E-state index is 0.0613. The zero-order chi connectivity index (χ0) is 13.8. The number of fused-ring (bicyclic) bond motifs is 1. The summed E-state index contributed by atoms with van der Waals surface area (Å²) in [4.78, 5) is 23.8. The number of hydrogen-bond acceptors (Lipinski definition) is 3. The minimum atomic E-state index is -1.50. The van der Waals surface area contributed by atoms with Crippen LogP contribution in [0.4, 0.5) is 0 Å². The fourth-order valence-electron chi connectivity index (χ4n) is 4.26. The van der Waals surface area contributed by atoms with Crippen molar-refractivity contribution >= 4 is 12.1 Å². The highest BCUT2D eigenvalue weighted by molar-refractivity contribution is 5.97. The second kappa shape index (κ2) is 3.77. The first-order chi connectivity index (χ1) is 8.19. The molecule has 0 aromatic rings. The van der Waals surface area contributed by atoms with Gasteiger partial charge in [0.2, 0.25) is 0 Å². The SMILES string of the molecule is CC1=CC(=O)C2C(C)(C)CCCC2(C)C1(O)C=O. The highest BCUT2D eigenvalue weighted by atomic mass is 16.3. The van der Waals surface area contributed by atoms with Crippen molar-refractivity contribution in [3.8, 4) is 0 Å². The van der Waals surface area contributed by atoms with E-state index in [0.717, 1.165) is 12.8 Å². The van der Waals surface area contributed by atoms with Crippen LogP contribution in [-0.2, 0) is 9.59 Å². The predicted molar refractivity (Wildman–Crippen MR) is 69.0 cm³/mol. The first-order valence-corrected chi connectivity index (χ1v) is 6.60. The summed E-state index contributed by atoms with van der Waals surface area (Å²) in [5, 5.41) is 10.8. The molecule has 3 unspecified atom stereocenters. The molecule has 1 N–H and O–H groups in total. The summed E-state index contributed by atoms with van der Waals surface area (Å²) in [5.74, 6) is -0.219. The van der Waals surface area contributed by atoms with E-state index in [1.807, 2.05) is 6.92 Å². The number of carbonyl (C=O) groups excluding carboxylic acids is 2. The lowest BCUT2D eigenvalue weighted by Crippen LogP contribution is -2.62. The summed E-state index contributed by atoms with van der Waals surface area (Å²) in [6.45, 7) is 7.69. The van der Waals surface area contributed by atoms with E-state index in [0.29, 0.717) is 18.3 Å². The predicted octanol–water partition coefficient (Wildman–Crippen LogP) is 2.28. The molecule has 0 bridgehead atoms. The fourth-order valence-corrected chi connectivity index (χ4v) is 4.26. The van der Waals surface area contributed by atoms with E-state index >= 15 is 0 Å². The molecule has 0 heterocycles. The maximum absolute atomic E-state index is 12.4. The molecular weight excluding hydrogens is 228 g/mol. The third kappa shape index (κ3) is 1.46. The molecule has 1 fully saturated rings. The Hall–Kier alpha value is -0.960. The van der Waals surface area contributed by atoms with Gasteiger partial charge >= 0.3 is 0 Å². The largest absolute Gasteiger partial charge is 0.377 e. The molecule has 0 amide bonds. The Kier molecular flexibility index (Phi) is 2.82. The number of allylic oxidation sites excluding steroid dienone is 1. The highest BCUT2D eigenvalue weighted by Crippen LogP contribution is 2.59. The fraction of sp³-hybridized carbons (Fsp3) is 0.733. The van der Waals surface area contributed by atoms with Gasteiger partial charge in [0.05, 0.1) is 0 Å². The molecule has 2 aliphatic rings. The Bertz CT molecular complexity index is 435. The normalized spacial score (nSPS) is 43.1. The van der Waals surface area contributed by atoms with Crippen LogP contribution in [0.5, 0.6) is 0 Å². The lowest BCUT2D eigenvalue weighted by molar-refractivity contribution is -0.164. The highest BCUT2D eigenvalue weighted by Gasteiger charge is 2.62. The Morgan fingerprint density at radius 1 is 1.33 bits per heavy atom. The molecule has 0 aliphatic heterocycles. The summed E-state index contributed by atoms with van der Waals surface area (Å²) in [6, 6.07) is 0. The van der Waals surface area contributed by atoms with Crippen LogP contribution in [0.1, 0.15) is 47.0 Å². The van der Waals surface area contributed by atoms with Gasteiger partial charge in [0.25, 0.3) is 0 Å². The molecule has 0 saturated heterocycles. The van der Waals surface area contributed by atoms with Gasteiger partial charge in [-0.1, -0.05) is 27.2 Å². The van der Waals surface area contributed by atoms with Gasteiger partial charge < -0.3 is 5.11 Å². The summed E-state index contributed by atoms with van der Waals surface area (Å²) in [5.41, 5.74) is -1.85. The molecule has 2 aliphatic carbocycles. The average molecular weight is 250 g/mol. The van der Waals surface area contributed by atoms with E-state index in [9.17, 15) is 14.7 Å². The number of hydrogen-bond donors (Lipinski definition) is 1. The summed E-state index contributed by atoms with van der Waals surface area (Å²) < 4.78 is 0. The van der Waals surface area contributed by atoms with Gasteiger partial charge in [0, 0.05) is 11.3 Å². The van der Waals surface area contributed by atoms with Gasteiger partial charge in [-0.3, -0.25) is 9.59 Å². The van der Waals surface area contributed by atoms with Crippen LogP contribution in [0.15, 0.2) is 11.6 Å². The van der Waals surface area contributed by atoms with Crippen LogP contribution in [-0.4, -0.2) is 22.8 Å². The van der Waals surface area contributed by atoms with Crippen molar-refractivity contribution in [1.82, 2.24) is 0 Å². The van der Waals surface area contributed by atoms with E-state index < -0.39 is 11.0 Å². The van der Waals surface area contributed by atoms with Crippen molar-refractivity contribution in [2.24, 2.45) is 16.7 Å². The van der Waals surface area contributed by atoms with Crippen molar-refractivity contribution in [2.45, 2.75) is 52.6 Å². The maximum Gasteiger partial charge on any atom is 0.160 e. The third-order valence-electron chi connectivity index (χ3n) is 5.22. The zero-order valence-electron chi connectivity index (χ0n) is 11.6. The van der Waals surface area contributed by atoms with E-state index in [1.165, 1.54) is 6.08 Å². The maximum atomic E-state index is 12.4. The molecule has 2 rings (SSSR count). The molecule has 3 heteroatoms. The van der Waals surface area contributed by atoms with E-state index in [2.05, 4.69) is 13.8 Å². The summed E-state index contributed by atoms with van der Waals surface area (Å²) in [6.07, 6.45) is 4.71. The van der Waals surface area contributed by atoms with Gasteiger partial charge in [-0.05, 0) is 36.8 Å². The topological polar surface area (TPSA) is 54.4 Å². The number of rotatable bonds is 1. The first kappa shape index (κ1) is 13.5. The van der Waals surface area contributed by atoms with Gasteiger partial charge in [0.1, 0.15) is 5.60 Å². The Morgan fingerprint density at radius 3 is 2.50 bits per heavy atom. The van der Waals surface area contributed by atoms with Crippen LogP contribution in [0, 0.1) is 16.7 Å².